The summed E-state index contributed by atoms with van der Waals surface area (Å²) in [6.45, 7) is 0. The molecule has 2 aromatic carbocycles. The molecular weight excluding hydrogens is 394 g/mol. The molecule has 0 amide bonds. The van der Waals surface area contributed by atoms with Gasteiger partial charge in [0.2, 0.25) is 0 Å². The van der Waals surface area contributed by atoms with E-state index in [4.69, 9.17) is 11.6 Å². The first-order valence-corrected chi connectivity index (χ1v) is 9.71. The lowest BCUT2D eigenvalue weighted by molar-refractivity contribution is 0.911. The molecule has 0 radical (unpaired) electrons. The predicted molar refractivity (Wildman–Crippen MR) is 114 cm³/mol. The second-order valence-corrected chi connectivity index (χ2v) is 7.67. The van der Waals surface area contributed by atoms with Crippen molar-refractivity contribution in [1.29, 1.82) is 0 Å². The number of fused-ring (bicyclic) bond motifs is 2. The molecular formula is C21H12ClN3O2S. The Morgan fingerprint density at radius 2 is 1.82 bits per heavy atom. The molecule has 3 heterocycles. The molecule has 0 aliphatic heterocycles. The molecule has 0 fully saturated rings. The van der Waals surface area contributed by atoms with Gasteiger partial charge in [-0.15, -0.1) is 11.3 Å². The number of thiophene rings is 1. The smallest absolute Gasteiger partial charge is 0.306 e. The van der Waals surface area contributed by atoms with Crippen LogP contribution in [0, 0.1) is 0 Å². The molecule has 0 saturated heterocycles. The lowest BCUT2D eigenvalue weighted by Gasteiger charge is -2.08. The number of nitrogens with zero attached hydrogens (tertiary/aromatic N) is 2. The van der Waals surface area contributed by atoms with Crippen LogP contribution in [-0.2, 0) is 0 Å². The lowest BCUT2D eigenvalue weighted by Crippen LogP contribution is -2.33. The minimum absolute atomic E-state index is 0.353. The Bertz CT molecular complexity index is 1480. The summed E-state index contributed by atoms with van der Waals surface area (Å²) in [6.07, 6.45) is 1.61. The van der Waals surface area contributed by atoms with Gasteiger partial charge < -0.3 is 4.98 Å². The minimum Gasteiger partial charge on any atom is -0.306 e. The third-order valence-electron chi connectivity index (χ3n) is 4.61. The highest BCUT2D eigenvalue weighted by molar-refractivity contribution is 7.22. The summed E-state index contributed by atoms with van der Waals surface area (Å²) in [5.41, 5.74) is 0.941. The van der Waals surface area contributed by atoms with Gasteiger partial charge in [0.05, 0.1) is 11.2 Å². The van der Waals surface area contributed by atoms with Crippen LogP contribution in [0.3, 0.4) is 0 Å². The van der Waals surface area contributed by atoms with Crippen LogP contribution in [0.15, 0.2) is 76.4 Å². The van der Waals surface area contributed by atoms with Gasteiger partial charge in [-0.05, 0) is 29.7 Å². The third kappa shape index (κ3) is 2.58. The molecule has 0 bridgehead atoms. The number of nitrogens with one attached hydrogen (secondary N) is 1. The van der Waals surface area contributed by atoms with E-state index in [2.05, 4.69) is 9.97 Å². The maximum atomic E-state index is 13.2. The molecule has 0 spiro atoms. The Balaban J connectivity index is 1.81. The van der Waals surface area contributed by atoms with Crippen molar-refractivity contribution >= 4 is 43.9 Å². The van der Waals surface area contributed by atoms with Crippen molar-refractivity contribution in [3.63, 3.8) is 0 Å². The fraction of sp³-hybridized carbons (Fsp3) is 0. The number of hydrogen-bond donors (Lipinski definition) is 1. The van der Waals surface area contributed by atoms with Crippen molar-refractivity contribution in [3.8, 4) is 16.1 Å². The van der Waals surface area contributed by atoms with Crippen molar-refractivity contribution in [2.24, 2.45) is 0 Å². The van der Waals surface area contributed by atoms with Crippen LogP contribution in [0.2, 0.25) is 5.15 Å². The van der Waals surface area contributed by atoms with Crippen LogP contribution in [0.1, 0.15) is 0 Å². The summed E-state index contributed by atoms with van der Waals surface area (Å²) >= 11 is 7.48. The number of benzene rings is 2. The van der Waals surface area contributed by atoms with E-state index in [1.165, 1.54) is 15.9 Å². The van der Waals surface area contributed by atoms with E-state index in [1.807, 2.05) is 42.5 Å². The Kier molecular flexibility index (Phi) is 3.89. The van der Waals surface area contributed by atoms with E-state index in [1.54, 1.807) is 24.4 Å². The van der Waals surface area contributed by atoms with Gasteiger partial charge in [0.1, 0.15) is 9.85 Å². The van der Waals surface area contributed by atoms with Gasteiger partial charge >= 0.3 is 5.69 Å². The molecule has 0 atom stereocenters. The van der Waals surface area contributed by atoms with Crippen molar-refractivity contribution in [2.75, 3.05) is 0 Å². The van der Waals surface area contributed by atoms with Crippen LogP contribution >= 0.6 is 22.9 Å². The van der Waals surface area contributed by atoms with E-state index in [-0.39, 0.29) is 5.56 Å². The largest absolute Gasteiger partial charge is 0.333 e. The zero-order chi connectivity index (χ0) is 19.3. The second kappa shape index (κ2) is 6.44. The highest BCUT2D eigenvalue weighted by atomic mass is 35.5. The number of rotatable bonds is 2. The number of aromatic nitrogens is 3. The van der Waals surface area contributed by atoms with E-state index in [9.17, 15) is 9.59 Å². The van der Waals surface area contributed by atoms with Gasteiger partial charge in [-0.3, -0.25) is 4.79 Å². The zero-order valence-corrected chi connectivity index (χ0v) is 15.9. The van der Waals surface area contributed by atoms with Crippen molar-refractivity contribution in [2.45, 2.75) is 0 Å². The first-order valence-electron chi connectivity index (χ1n) is 8.51. The van der Waals surface area contributed by atoms with Gasteiger partial charge in [0, 0.05) is 22.0 Å². The summed E-state index contributed by atoms with van der Waals surface area (Å²) in [7, 11) is 0. The highest BCUT2D eigenvalue weighted by Gasteiger charge is 2.16. The van der Waals surface area contributed by atoms with Gasteiger partial charge in [-0.25, -0.2) is 14.3 Å². The fourth-order valence-corrected chi connectivity index (χ4v) is 4.68. The first kappa shape index (κ1) is 16.9. The summed E-state index contributed by atoms with van der Waals surface area (Å²) < 4.78 is 1.65. The Hall–Kier alpha value is -3.22. The van der Waals surface area contributed by atoms with Gasteiger partial charge in [-0.2, -0.15) is 0 Å². The molecule has 0 aliphatic carbocycles. The molecule has 1 N–H and O–H groups in total. The lowest BCUT2D eigenvalue weighted by atomic mass is 10.1. The van der Waals surface area contributed by atoms with Crippen molar-refractivity contribution in [1.82, 2.24) is 14.5 Å². The third-order valence-corrected chi connectivity index (χ3v) is 6.06. The molecule has 28 heavy (non-hydrogen) atoms. The normalized spacial score (nSPS) is 11.3. The minimum atomic E-state index is -0.476. The van der Waals surface area contributed by atoms with Crippen LogP contribution in [0.4, 0.5) is 0 Å². The molecule has 0 aliphatic rings. The maximum absolute atomic E-state index is 13.2. The number of H-pyrrole nitrogens is 1. The molecule has 0 unspecified atom stereocenters. The zero-order valence-electron chi connectivity index (χ0n) is 14.3. The van der Waals surface area contributed by atoms with E-state index >= 15 is 0 Å². The summed E-state index contributed by atoms with van der Waals surface area (Å²) in [6, 6.07) is 18.6. The number of hydrogen-bond acceptors (Lipinski definition) is 4. The number of halogens is 1. The molecule has 7 heteroatoms. The number of aromatic amines is 1. The Morgan fingerprint density at radius 1 is 1.00 bits per heavy atom. The summed E-state index contributed by atoms with van der Waals surface area (Å²) in [4.78, 5) is 33.7. The fourth-order valence-electron chi connectivity index (χ4n) is 3.33. The van der Waals surface area contributed by atoms with Crippen LogP contribution < -0.4 is 11.2 Å². The van der Waals surface area contributed by atoms with E-state index < -0.39 is 5.69 Å². The summed E-state index contributed by atoms with van der Waals surface area (Å²) in [5, 5.41) is 2.15. The maximum Gasteiger partial charge on any atom is 0.333 e. The van der Waals surface area contributed by atoms with Gasteiger partial charge in [-0.1, -0.05) is 48.0 Å². The topological polar surface area (TPSA) is 67.8 Å². The highest BCUT2D eigenvalue weighted by Crippen LogP contribution is 2.34. The molecule has 5 rings (SSSR count). The second-order valence-electron chi connectivity index (χ2n) is 6.26. The van der Waals surface area contributed by atoms with Crippen LogP contribution in [0.25, 0.3) is 37.1 Å². The predicted octanol–water partition coefficient (Wildman–Crippen LogP) is 4.61. The van der Waals surface area contributed by atoms with Crippen LogP contribution in [0.5, 0.6) is 0 Å². The molecule has 3 aromatic heterocycles. The van der Waals surface area contributed by atoms with E-state index in [0.29, 0.717) is 21.1 Å². The van der Waals surface area contributed by atoms with Crippen molar-refractivity contribution in [3.05, 3.63) is 92.9 Å². The first-order chi connectivity index (χ1) is 13.6. The van der Waals surface area contributed by atoms with Crippen LogP contribution in [-0.4, -0.2) is 14.5 Å². The van der Waals surface area contributed by atoms with Gasteiger partial charge in [0.25, 0.3) is 5.56 Å². The quantitative estimate of drug-likeness (QED) is 0.436. The van der Waals surface area contributed by atoms with Gasteiger partial charge in [0.15, 0.2) is 0 Å². The molecule has 0 saturated carbocycles. The molecule has 5 nitrogen and oxygen atoms in total. The number of pyridine rings is 1. The Morgan fingerprint density at radius 3 is 2.68 bits per heavy atom. The van der Waals surface area contributed by atoms with Crippen molar-refractivity contribution < 1.29 is 0 Å². The molecule has 136 valence electrons. The summed E-state index contributed by atoms with van der Waals surface area (Å²) in [5.74, 6) is 0. The average Bonchev–Trinajstić information content (AvgIpc) is 3.12. The molecule has 5 aromatic rings. The average molecular weight is 406 g/mol. The monoisotopic (exact) mass is 405 g/mol. The Labute approximate surface area is 167 Å². The van der Waals surface area contributed by atoms with E-state index in [0.717, 1.165) is 21.2 Å². The SMILES string of the molecule is O=c1[nH]c2cc(-c3cccnc3Cl)sc2c(=O)n1-c1cccc2ccccc12. The standard InChI is InChI=1S/C21H12ClN3O2S/c22-19-14(8-4-10-23-19)17-11-15-18(28-17)20(26)25(21(27)24-15)16-9-3-6-12-5-1-2-7-13(12)16/h1-11H,(H,24,27).